The number of aliphatic hydroxyl groups is 1. The molecule has 33 heavy (non-hydrogen) atoms. The van der Waals surface area contributed by atoms with Gasteiger partial charge in [0, 0.05) is 12.1 Å². The van der Waals surface area contributed by atoms with E-state index in [0.29, 0.717) is 19.6 Å². The van der Waals surface area contributed by atoms with Crippen molar-refractivity contribution in [1.29, 1.82) is 0 Å². The van der Waals surface area contributed by atoms with Crippen LogP contribution in [0.3, 0.4) is 0 Å². The zero-order valence-electron chi connectivity index (χ0n) is 20.0. The molecule has 4 heterocycles. The number of cyclic esters (lactones) is 1. The zero-order valence-corrected chi connectivity index (χ0v) is 20.0. The Hall–Kier alpha value is -2.19. The Labute approximate surface area is 195 Å². The summed E-state index contributed by atoms with van der Waals surface area (Å²) in [5.41, 5.74) is -1.76. The number of fused-ring (bicyclic) bond motifs is 2. The summed E-state index contributed by atoms with van der Waals surface area (Å²) in [5.74, 6) is -2.74. The van der Waals surface area contributed by atoms with Gasteiger partial charge in [0.05, 0.1) is 31.3 Å². The number of rotatable bonds is 3. The average molecular weight is 461 g/mol. The molecule has 0 aliphatic carbocycles. The second kappa shape index (κ2) is 8.87. The third kappa shape index (κ3) is 3.81. The van der Waals surface area contributed by atoms with Gasteiger partial charge in [0.15, 0.2) is 0 Å². The number of carbonyl (C=O) groups is 3. The quantitative estimate of drug-likeness (QED) is 0.510. The Morgan fingerprint density at radius 1 is 1.18 bits per heavy atom. The lowest BCUT2D eigenvalue weighted by Gasteiger charge is -2.42. The summed E-state index contributed by atoms with van der Waals surface area (Å²) < 4.78 is 12.1. The van der Waals surface area contributed by atoms with Gasteiger partial charge in [-0.15, -0.1) is 0 Å². The third-order valence-corrected chi connectivity index (χ3v) is 7.42. The maximum absolute atomic E-state index is 14.0. The highest BCUT2D eigenvalue weighted by Gasteiger charge is 2.72. The van der Waals surface area contributed by atoms with Crippen LogP contribution < -0.4 is 0 Å². The molecule has 4 aliphatic rings. The van der Waals surface area contributed by atoms with Gasteiger partial charge in [-0.05, 0) is 46.5 Å². The number of likely N-dealkylation sites (tertiary alicyclic amines) is 1. The largest absolute Gasteiger partial charge is 0.465 e. The molecule has 6 atom stereocenters. The Bertz CT molecular complexity index is 857. The molecule has 0 saturated carbocycles. The number of esters is 1. The van der Waals surface area contributed by atoms with E-state index in [9.17, 15) is 19.5 Å². The van der Waals surface area contributed by atoms with Crippen LogP contribution in [-0.4, -0.2) is 81.8 Å². The van der Waals surface area contributed by atoms with Crippen molar-refractivity contribution >= 4 is 17.8 Å². The normalized spacial score (nSPS) is 36.6. The van der Waals surface area contributed by atoms with E-state index in [4.69, 9.17) is 9.47 Å². The van der Waals surface area contributed by atoms with Gasteiger partial charge in [-0.3, -0.25) is 14.4 Å². The van der Waals surface area contributed by atoms with E-state index < -0.39 is 47.1 Å². The number of carbonyl (C=O) groups excluding carboxylic acids is 3. The first kappa shape index (κ1) is 24.0. The first-order valence-corrected chi connectivity index (χ1v) is 12.1. The van der Waals surface area contributed by atoms with Gasteiger partial charge in [-0.25, -0.2) is 0 Å². The molecule has 0 aromatic heterocycles. The molecule has 2 fully saturated rings. The van der Waals surface area contributed by atoms with Crippen LogP contribution in [0.2, 0.25) is 0 Å². The lowest BCUT2D eigenvalue weighted by Crippen LogP contribution is -2.60. The van der Waals surface area contributed by atoms with Crippen LogP contribution in [0.4, 0.5) is 0 Å². The molecular weight excluding hydrogens is 424 g/mol. The number of nitrogens with zero attached hydrogens (tertiary/aromatic N) is 2. The van der Waals surface area contributed by atoms with Gasteiger partial charge in [-0.2, -0.15) is 0 Å². The van der Waals surface area contributed by atoms with Gasteiger partial charge in [0.1, 0.15) is 17.6 Å². The summed E-state index contributed by atoms with van der Waals surface area (Å²) in [6, 6.07) is -1.50. The molecule has 0 radical (unpaired) electrons. The lowest BCUT2D eigenvalue weighted by atomic mass is 9.77. The Kier molecular flexibility index (Phi) is 6.44. The summed E-state index contributed by atoms with van der Waals surface area (Å²) >= 11 is 0. The fraction of sp³-hybridized carbons (Fsp3) is 0.720. The van der Waals surface area contributed by atoms with E-state index in [1.807, 2.05) is 52.0 Å². The van der Waals surface area contributed by atoms with E-state index in [0.717, 1.165) is 19.3 Å². The van der Waals surface area contributed by atoms with E-state index in [-0.39, 0.29) is 18.4 Å². The highest BCUT2D eigenvalue weighted by molar-refractivity contribution is 5.99. The highest BCUT2D eigenvalue weighted by Crippen LogP contribution is 2.54. The number of hydrogen-bond donors (Lipinski definition) is 1. The van der Waals surface area contributed by atoms with Gasteiger partial charge in [-0.1, -0.05) is 31.2 Å². The number of allylic oxidation sites excluding steroid dienone is 1. The van der Waals surface area contributed by atoms with Crippen LogP contribution in [0.5, 0.6) is 0 Å². The Morgan fingerprint density at radius 3 is 2.61 bits per heavy atom. The lowest BCUT2D eigenvalue weighted by molar-refractivity contribution is -0.157. The minimum Gasteiger partial charge on any atom is -0.465 e. The molecule has 1 spiro atoms. The van der Waals surface area contributed by atoms with Gasteiger partial charge >= 0.3 is 5.97 Å². The molecule has 0 aromatic rings. The maximum Gasteiger partial charge on any atom is 0.312 e. The molecular formula is C25H36N2O6. The molecule has 0 aromatic carbocycles. The predicted molar refractivity (Wildman–Crippen MR) is 121 cm³/mol. The molecule has 182 valence electrons. The zero-order chi connectivity index (χ0) is 24.0. The van der Waals surface area contributed by atoms with Crippen molar-refractivity contribution in [2.45, 2.75) is 82.7 Å². The van der Waals surface area contributed by atoms with E-state index in [1.165, 1.54) is 4.90 Å². The van der Waals surface area contributed by atoms with Crippen molar-refractivity contribution < 1.29 is 29.0 Å². The molecule has 2 amide bonds. The van der Waals surface area contributed by atoms with Crippen LogP contribution in [-0.2, 0) is 23.9 Å². The fourth-order valence-corrected chi connectivity index (χ4v) is 5.77. The molecule has 2 saturated heterocycles. The number of hydrogen-bond acceptors (Lipinski definition) is 6. The van der Waals surface area contributed by atoms with Crippen molar-refractivity contribution in [2.75, 3.05) is 19.8 Å². The van der Waals surface area contributed by atoms with Crippen molar-refractivity contribution in [3.05, 3.63) is 24.3 Å². The monoisotopic (exact) mass is 460 g/mol. The van der Waals surface area contributed by atoms with Crippen LogP contribution in [0, 0.1) is 11.8 Å². The van der Waals surface area contributed by atoms with Crippen LogP contribution in [0.25, 0.3) is 0 Å². The van der Waals surface area contributed by atoms with Crippen molar-refractivity contribution in [3.63, 3.8) is 0 Å². The molecule has 1 N–H and O–H groups in total. The second-order valence-electron chi connectivity index (χ2n) is 10.4. The summed E-state index contributed by atoms with van der Waals surface area (Å²) in [6.45, 7) is 8.15. The average Bonchev–Trinajstić information content (AvgIpc) is 3.14. The van der Waals surface area contributed by atoms with Crippen molar-refractivity contribution in [1.82, 2.24) is 9.80 Å². The highest BCUT2D eigenvalue weighted by atomic mass is 16.6. The van der Waals surface area contributed by atoms with Crippen LogP contribution >= 0.6 is 0 Å². The Balaban J connectivity index is 1.87. The minimum absolute atomic E-state index is 0.226. The molecule has 8 nitrogen and oxygen atoms in total. The van der Waals surface area contributed by atoms with Crippen molar-refractivity contribution in [3.8, 4) is 0 Å². The van der Waals surface area contributed by atoms with Crippen molar-refractivity contribution in [2.24, 2.45) is 11.8 Å². The van der Waals surface area contributed by atoms with Gasteiger partial charge < -0.3 is 24.4 Å². The van der Waals surface area contributed by atoms with Gasteiger partial charge in [0.25, 0.3) is 0 Å². The molecule has 4 rings (SSSR count). The first-order chi connectivity index (χ1) is 15.7. The molecule has 4 aliphatic heterocycles. The number of ether oxygens (including phenoxy) is 2. The molecule has 1 unspecified atom stereocenters. The van der Waals surface area contributed by atoms with Crippen LogP contribution in [0.15, 0.2) is 24.3 Å². The number of aliphatic hydroxyl groups excluding tert-OH is 1. The first-order valence-electron chi connectivity index (χ1n) is 12.1. The fourth-order valence-electron chi connectivity index (χ4n) is 5.77. The summed E-state index contributed by atoms with van der Waals surface area (Å²) in [5, 5.41) is 10.1. The van der Waals surface area contributed by atoms with E-state index in [2.05, 4.69) is 0 Å². The molecule has 0 bridgehead atoms. The van der Waals surface area contributed by atoms with Crippen LogP contribution in [0.1, 0.15) is 53.4 Å². The standard InChI is InChI=1S/C25H36N2O6/c1-5-16(15-28)27-20-22(30)26(24(2,3)4)13-10-12-25(20)19(21(27)29)18-17(33-25)11-8-6-7-9-14-32-23(18)31/h8,10-12,16-20,28H,5-7,9,13-15H2,1-4H3/b11-8-/t16-,17-,18+,19-,20?,25-/m0/s1. The summed E-state index contributed by atoms with van der Waals surface area (Å²) in [6.07, 6.45) is 9.87. The predicted octanol–water partition coefficient (Wildman–Crippen LogP) is 1.82. The SMILES string of the molecule is CC[C@@H](CO)N1C(=O)[C@@H]2[C@@H]3C(=O)OCCCC/C=C\[C@@H]3O[C@@]23C=CCN(C(C)(C)C)C(=O)C13. The summed E-state index contributed by atoms with van der Waals surface area (Å²) in [4.78, 5) is 44.4. The smallest absolute Gasteiger partial charge is 0.312 e. The Morgan fingerprint density at radius 2 is 1.94 bits per heavy atom. The van der Waals surface area contributed by atoms with E-state index in [1.54, 1.807) is 4.90 Å². The second-order valence-corrected chi connectivity index (χ2v) is 10.4. The third-order valence-electron chi connectivity index (χ3n) is 7.42. The summed E-state index contributed by atoms with van der Waals surface area (Å²) in [7, 11) is 0. The maximum atomic E-state index is 14.0. The topological polar surface area (TPSA) is 96.4 Å². The van der Waals surface area contributed by atoms with Gasteiger partial charge in [0.2, 0.25) is 11.8 Å². The number of amides is 2. The molecule has 8 heteroatoms. The minimum atomic E-state index is -1.29. The van der Waals surface area contributed by atoms with E-state index >= 15 is 0 Å².